The Balaban J connectivity index is 3.83. The van der Waals surface area contributed by atoms with Crippen LogP contribution in [0.15, 0.2) is 12.2 Å². The van der Waals surface area contributed by atoms with Crippen LogP contribution < -0.4 is 0 Å². The van der Waals surface area contributed by atoms with Gasteiger partial charge in [-0.2, -0.15) is 0 Å². The van der Waals surface area contributed by atoms with Crippen LogP contribution in [0.1, 0.15) is 13.8 Å². The van der Waals surface area contributed by atoms with Gasteiger partial charge in [0.1, 0.15) is 0 Å². The maximum Gasteiger partial charge on any atom is 0.278 e. The van der Waals surface area contributed by atoms with E-state index >= 15 is 0 Å². The molecule has 0 spiro atoms. The van der Waals surface area contributed by atoms with Gasteiger partial charge in [0, 0.05) is 13.1 Å². The van der Waals surface area contributed by atoms with Crippen LogP contribution in [-0.4, -0.2) is 23.2 Å². The quantitative estimate of drug-likeness (QED) is 0.493. The lowest BCUT2D eigenvalue weighted by atomic mass is 10.3. The summed E-state index contributed by atoms with van der Waals surface area (Å²) in [6.07, 6.45) is 0. The van der Waals surface area contributed by atoms with E-state index in [0.717, 1.165) is 5.57 Å². The van der Waals surface area contributed by atoms with E-state index in [2.05, 4.69) is 19.2 Å². The van der Waals surface area contributed by atoms with Crippen molar-refractivity contribution in [2.45, 2.75) is 13.8 Å². The maximum absolute atomic E-state index is 10.7. The zero-order valence-corrected chi connectivity index (χ0v) is 7.32. The van der Waals surface area contributed by atoms with Gasteiger partial charge in [-0.15, -0.1) is 0 Å². The number of thiol groups is 1. The van der Waals surface area contributed by atoms with E-state index in [0.29, 0.717) is 13.1 Å². The van der Waals surface area contributed by atoms with E-state index in [-0.39, 0.29) is 5.24 Å². The Labute approximate surface area is 67.3 Å². The fourth-order valence-corrected chi connectivity index (χ4v) is 0.853. The number of carbonyl (C=O) groups excluding carboxylic acids is 1. The van der Waals surface area contributed by atoms with Gasteiger partial charge in [-0.1, -0.05) is 24.8 Å². The van der Waals surface area contributed by atoms with Gasteiger partial charge in [0.2, 0.25) is 0 Å². The summed E-state index contributed by atoms with van der Waals surface area (Å²) in [5.74, 6) is 0. The zero-order valence-electron chi connectivity index (χ0n) is 6.42. The number of likely N-dealkylation sites (N-methyl/N-ethyl adjacent to an activating group) is 1. The van der Waals surface area contributed by atoms with Crippen LogP contribution in [0.25, 0.3) is 0 Å². The average Bonchev–Trinajstić information content (AvgIpc) is 1.81. The van der Waals surface area contributed by atoms with E-state index in [1.54, 1.807) is 4.90 Å². The van der Waals surface area contributed by atoms with Crippen LogP contribution in [0.2, 0.25) is 0 Å². The van der Waals surface area contributed by atoms with Crippen molar-refractivity contribution in [2.75, 3.05) is 13.1 Å². The van der Waals surface area contributed by atoms with Crippen LogP contribution in [0.4, 0.5) is 4.79 Å². The van der Waals surface area contributed by atoms with Gasteiger partial charge in [-0.05, 0) is 13.8 Å². The fourth-order valence-electron chi connectivity index (χ4n) is 0.641. The Morgan fingerprint density at radius 2 is 2.20 bits per heavy atom. The van der Waals surface area contributed by atoms with Crippen LogP contribution in [0.3, 0.4) is 0 Å². The first-order valence-electron chi connectivity index (χ1n) is 3.20. The normalized spacial score (nSPS) is 9.10. The summed E-state index contributed by atoms with van der Waals surface area (Å²) in [7, 11) is 0. The van der Waals surface area contributed by atoms with Crippen molar-refractivity contribution in [1.29, 1.82) is 0 Å². The SMILES string of the molecule is C=C(C)CN(CC)C(=O)S. The number of rotatable bonds is 3. The van der Waals surface area contributed by atoms with Gasteiger partial charge in [-0.3, -0.25) is 4.79 Å². The molecule has 2 nitrogen and oxygen atoms in total. The lowest BCUT2D eigenvalue weighted by Crippen LogP contribution is -2.27. The third kappa shape index (κ3) is 3.56. The molecule has 0 N–H and O–H groups in total. The van der Waals surface area contributed by atoms with Crippen LogP contribution in [-0.2, 0) is 0 Å². The monoisotopic (exact) mass is 159 g/mol. The molecule has 0 atom stereocenters. The highest BCUT2D eigenvalue weighted by Gasteiger charge is 2.04. The number of carbonyl (C=O) groups is 1. The van der Waals surface area contributed by atoms with Gasteiger partial charge >= 0.3 is 0 Å². The molecule has 0 saturated heterocycles. The van der Waals surface area contributed by atoms with Gasteiger partial charge in [0.15, 0.2) is 0 Å². The van der Waals surface area contributed by atoms with Crippen LogP contribution >= 0.6 is 12.6 Å². The minimum atomic E-state index is -0.189. The zero-order chi connectivity index (χ0) is 8.15. The van der Waals surface area contributed by atoms with Crippen molar-refractivity contribution in [1.82, 2.24) is 4.90 Å². The first-order chi connectivity index (χ1) is 4.57. The molecule has 0 radical (unpaired) electrons. The predicted octanol–water partition coefficient (Wildman–Crippen LogP) is 1.93. The molecule has 3 heteroatoms. The Morgan fingerprint density at radius 1 is 1.70 bits per heavy atom. The highest BCUT2D eigenvalue weighted by Crippen LogP contribution is 1.99. The maximum atomic E-state index is 10.7. The highest BCUT2D eigenvalue weighted by atomic mass is 32.1. The molecule has 10 heavy (non-hydrogen) atoms. The van der Waals surface area contributed by atoms with Crippen molar-refractivity contribution in [2.24, 2.45) is 0 Å². The number of nitrogens with zero attached hydrogens (tertiary/aromatic N) is 1. The topological polar surface area (TPSA) is 20.3 Å². The second-order valence-electron chi connectivity index (χ2n) is 2.25. The van der Waals surface area contributed by atoms with E-state index in [9.17, 15) is 4.79 Å². The van der Waals surface area contributed by atoms with Gasteiger partial charge in [0.05, 0.1) is 0 Å². The highest BCUT2D eigenvalue weighted by molar-refractivity contribution is 7.96. The second kappa shape index (κ2) is 4.39. The van der Waals surface area contributed by atoms with Crippen molar-refractivity contribution in [3.63, 3.8) is 0 Å². The van der Waals surface area contributed by atoms with E-state index in [1.807, 2.05) is 13.8 Å². The molecule has 0 aromatic heterocycles. The van der Waals surface area contributed by atoms with E-state index in [1.165, 1.54) is 0 Å². The molecule has 0 aromatic carbocycles. The number of hydrogen-bond donors (Lipinski definition) is 1. The molecule has 0 rings (SSSR count). The minimum absolute atomic E-state index is 0.189. The number of hydrogen-bond acceptors (Lipinski definition) is 1. The third-order valence-electron chi connectivity index (χ3n) is 1.11. The van der Waals surface area contributed by atoms with Crippen molar-refractivity contribution < 1.29 is 4.79 Å². The number of amides is 1. The molecular formula is C7H13NOS. The summed E-state index contributed by atoms with van der Waals surface area (Å²) in [6, 6.07) is 0. The molecule has 1 amide bonds. The molecule has 0 fully saturated rings. The van der Waals surface area contributed by atoms with Crippen LogP contribution in [0, 0.1) is 0 Å². The summed E-state index contributed by atoms with van der Waals surface area (Å²) in [5, 5.41) is -0.189. The van der Waals surface area contributed by atoms with Crippen molar-refractivity contribution >= 4 is 17.9 Å². The summed E-state index contributed by atoms with van der Waals surface area (Å²) in [6.45, 7) is 8.80. The summed E-state index contributed by atoms with van der Waals surface area (Å²) in [5.41, 5.74) is 0.976. The van der Waals surface area contributed by atoms with Gasteiger partial charge in [0.25, 0.3) is 5.24 Å². The molecule has 0 heterocycles. The average molecular weight is 159 g/mol. The third-order valence-corrected chi connectivity index (χ3v) is 1.40. The largest absolute Gasteiger partial charge is 0.330 e. The Bertz CT molecular complexity index is 145. The summed E-state index contributed by atoms with van der Waals surface area (Å²) >= 11 is 3.69. The second-order valence-corrected chi connectivity index (χ2v) is 2.64. The smallest absolute Gasteiger partial charge is 0.278 e. The molecular weight excluding hydrogens is 146 g/mol. The van der Waals surface area contributed by atoms with E-state index < -0.39 is 0 Å². The minimum Gasteiger partial charge on any atom is -0.330 e. The first kappa shape index (κ1) is 9.56. The molecule has 58 valence electrons. The standard InChI is InChI=1S/C7H13NOS/c1-4-8(7(9)10)5-6(2)3/h2,4-5H2,1,3H3,(H,9,10). The fraction of sp³-hybridized carbons (Fsp3) is 0.571. The Kier molecular flexibility index (Phi) is 4.19. The molecule has 0 aliphatic rings. The van der Waals surface area contributed by atoms with Gasteiger partial charge < -0.3 is 4.90 Å². The molecule has 0 unspecified atom stereocenters. The lowest BCUT2D eigenvalue weighted by molar-refractivity contribution is 0.230. The Hall–Kier alpha value is -0.440. The summed E-state index contributed by atoms with van der Waals surface area (Å²) < 4.78 is 0. The van der Waals surface area contributed by atoms with E-state index in [4.69, 9.17) is 0 Å². The van der Waals surface area contributed by atoms with Gasteiger partial charge in [-0.25, -0.2) is 0 Å². The molecule has 0 saturated carbocycles. The predicted molar refractivity (Wildman–Crippen MR) is 46.4 cm³/mol. The lowest BCUT2D eigenvalue weighted by Gasteiger charge is -2.17. The molecule has 0 aliphatic heterocycles. The van der Waals surface area contributed by atoms with Crippen molar-refractivity contribution in [3.8, 4) is 0 Å². The Morgan fingerprint density at radius 3 is 2.30 bits per heavy atom. The molecule has 0 aromatic rings. The molecule has 0 aliphatic carbocycles. The van der Waals surface area contributed by atoms with Crippen LogP contribution in [0.5, 0.6) is 0 Å². The first-order valence-corrected chi connectivity index (χ1v) is 3.65. The molecule has 0 bridgehead atoms. The summed E-state index contributed by atoms with van der Waals surface area (Å²) in [4.78, 5) is 12.3. The van der Waals surface area contributed by atoms with Crippen molar-refractivity contribution in [3.05, 3.63) is 12.2 Å².